The van der Waals surface area contributed by atoms with E-state index in [1.165, 1.54) is 10.5 Å². The molecule has 7 nitrogen and oxygen atoms in total. The number of hydrogen-bond acceptors (Lipinski definition) is 5. The van der Waals surface area contributed by atoms with Crippen molar-refractivity contribution >= 4 is 33.5 Å². The summed E-state index contributed by atoms with van der Waals surface area (Å²) in [6.45, 7) is 2.72. The molecule has 3 heterocycles. The molecule has 9 heteroatoms. The van der Waals surface area contributed by atoms with Gasteiger partial charge in [-0.3, -0.25) is 4.68 Å². The largest absolute Gasteiger partial charge is 0.329 e. The Bertz CT molecular complexity index is 805. The molecule has 0 radical (unpaired) electrons. The molecule has 1 saturated heterocycles. The molecule has 23 heavy (non-hydrogen) atoms. The zero-order valence-corrected chi connectivity index (χ0v) is 14.9. The number of halogens is 1. The Morgan fingerprint density at radius 2 is 2.13 bits per heavy atom. The van der Waals surface area contributed by atoms with Crippen LogP contribution in [0.4, 0.5) is 0 Å². The second-order valence-electron chi connectivity index (χ2n) is 5.75. The van der Waals surface area contributed by atoms with Crippen LogP contribution in [0.2, 0.25) is 0 Å². The Morgan fingerprint density at radius 1 is 1.39 bits per heavy atom. The molecule has 1 fully saturated rings. The van der Waals surface area contributed by atoms with Gasteiger partial charge in [0.25, 0.3) is 0 Å². The van der Waals surface area contributed by atoms with E-state index in [1.54, 1.807) is 17.8 Å². The summed E-state index contributed by atoms with van der Waals surface area (Å²) < 4.78 is 29.0. The van der Waals surface area contributed by atoms with Crippen LogP contribution in [-0.4, -0.2) is 46.6 Å². The first kappa shape index (κ1) is 18.1. The van der Waals surface area contributed by atoms with Crippen LogP contribution in [0.15, 0.2) is 17.2 Å². The lowest BCUT2D eigenvalue weighted by Crippen LogP contribution is -2.47. The van der Waals surface area contributed by atoms with E-state index in [4.69, 9.17) is 5.73 Å². The van der Waals surface area contributed by atoms with Gasteiger partial charge in [0.1, 0.15) is 4.90 Å². The highest BCUT2D eigenvalue weighted by Gasteiger charge is 2.33. The topological polar surface area (TPSA) is 94.1 Å². The van der Waals surface area contributed by atoms with Gasteiger partial charge in [-0.1, -0.05) is 6.42 Å². The number of piperidine rings is 1. The maximum Gasteiger partial charge on any atom is 0.244 e. The minimum Gasteiger partial charge on any atom is -0.329 e. The summed E-state index contributed by atoms with van der Waals surface area (Å²) in [4.78, 5) is 4.50. The maximum atomic E-state index is 12.9. The fourth-order valence-corrected chi connectivity index (χ4v) is 4.77. The molecule has 0 spiro atoms. The van der Waals surface area contributed by atoms with Gasteiger partial charge in [-0.05, 0) is 25.8 Å². The molecular weight excluding hydrogens is 338 g/mol. The minimum absolute atomic E-state index is 0. The average molecular weight is 360 g/mol. The van der Waals surface area contributed by atoms with E-state index in [2.05, 4.69) is 10.1 Å². The first-order valence-electron chi connectivity index (χ1n) is 7.46. The third kappa shape index (κ3) is 3.08. The Morgan fingerprint density at radius 3 is 2.83 bits per heavy atom. The number of hydrogen-bond donors (Lipinski definition) is 1. The fraction of sp³-hybridized carbons (Fsp3) is 0.571. The van der Waals surface area contributed by atoms with Gasteiger partial charge < -0.3 is 5.73 Å². The molecule has 0 amide bonds. The summed E-state index contributed by atoms with van der Waals surface area (Å²) in [5.41, 5.74) is 7.21. The van der Waals surface area contributed by atoms with Gasteiger partial charge in [0.15, 0.2) is 5.65 Å². The summed E-state index contributed by atoms with van der Waals surface area (Å²) in [6, 6.07) is 1.55. The lowest BCUT2D eigenvalue weighted by Gasteiger charge is -2.33. The van der Waals surface area contributed by atoms with Crippen molar-refractivity contribution in [3.63, 3.8) is 0 Å². The third-order valence-corrected chi connectivity index (χ3v) is 6.21. The second kappa shape index (κ2) is 6.72. The van der Waals surface area contributed by atoms with Crippen LogP contribution < -0.4 is 5.73 Å². The van der Waals surface area contributed by atoms with E-state index in [9.17, 15) is 8.42 Å². The van der Waals surface area contributed by atoms with Crippen molar-refractivity contribution in [3.8, 4) is 0 Å². The smallest absolute Gasteiger partial charge is 0.244 e. The number of rotatable bonds is 3. The summed E-state index contributed by atoms with van der Waals surface area (Å²) in [5, 5.41) is 5.05. The van der Waals surface area contributed by atoms with Gasteiger partial charge in [-0.2, -0.15) is 9.40 Å². The van der Waals surface area contributed by atoms with Crippen LogP contribution in [0.5, 0.6) is 0 Å². The first-order chi connectivity index (χ1) is 10.4. The van der Waals surface area contributed by atoms with Crippen molar-refractivity contribution in [2.45, 2.75) is 37.1 Å². The van der Waals surface area contributed by atoms with Gasteiger partial charge in [0.2, 0.25) is 10.0 Å². The van der Waals surface area contributed by atoms with E-state index in [0.29, 0.717) is 18.7 Å². The van der Waals surface area contributed by atoms with Gasteiger partial charge in [-0.15, -0.1) is 12.4 Å². The van der Waals surface area contributed by atoms with Gasteiger partial charge >= 0.3 is 0 Å². The predicted octanol–water partition coefficient (Wildman–Crippen LogP) is 1.20. The molecular formula is C14H22ClN5O2S. The standard InChI is InChI=1S/C14H21N5O2S.ClH/c1-10-13-7-12(9-16-14(13)18(2)17-10)22(20,21)19-6-4-3-5-11(19)8-15;/h7,9,11H,3-6,8,15H2,1-2H3;1H. The summed E-state index contributed by atoms with van der Waals surface area (Å²) in [5.74, 6) is 0. The molecule has 1 aliphatic heterocycles. The highest BCUT2D eigenvalue weighted by Crippen LogP contribution is 2.26. The molecule has 2 N–H and O–H groups in total. The van der Waals surface area contributed by atoms with Gasteiger partial charge in [0, 0.05) is 37.8 Å². The minimum atomic E-state index is -3.57. The molecule has 1 aliphatic rings. The first-order valence-corrected chi connectivity index (χ1v) is 8.90. The highest BCUT2D eigenvalue weighted by atomic mass is 35.5. The second-order valence-corrected chi connectivity index (χ2v) is 7.64. The molecule has 128 valence electrons. The van der Waals surface area contributed by atoms with Crippen molar-refractivity contribution in [1.82, 2.24) is 19.1 Å². The zero-order valence-electron chi connectivity index (χ0n) is 13.3. The number of aromatic nitrogens is 3. The van der Waals surface area contributed by atoms with Crippen LogP contribution in [0.3, 0.4) is 0 Å². The van der Waals surface area contributed by atoms with Crippen molar-refractivity contribution in [2.75, 3.05) is 13.1 Å². The van der Waals surface area contributed by atoms with Crippen LogP contribution in [0.1, 0.15) is 25.0 Å². The summed E-state index contributed by atoms with van der Waals surface area (Å²) >= 11 is 0. The fourth-order valence-electron chi connectivity index (χ4n) is 3.09. The maximum absolute atomic E-state index is 12.9. The SMILES string of the molecule is Cc1nn(C)c2ncc(S(=O)(=O)N3CCCCC3CN)cc12.Cl. The van der Waals surface area contributed by atoms with E-state index >= 15 is 0 Å². The van der Waals surface area contributed by atoms with Crippen LogP contribution >= 0.6 is 12.4 Å². The van der Waals surface area contributed by atoms with Gasteiger partial charge in [-0.25, -0.2) is 13.4 Å². The summed E-state index contributed by atoms with van der Waals surface area (Å²) in [7, 11) is -1.77. The average Bonchev–Trinajstić information content (AvgIpc) is 2.81. The van der Waals surface area contributed by atoms with E-state index in [1.807, 2.05) is 6.92 Å². The molecule has 0 saturated carbocycles. The number of nitrogens with two attached hydrogens (primary N) is 1. The van der Waals surface area contributed by atoms with Crippen molar-refractivity contribution < 1.29 is 8.42 Å². The predicted molar refractivity (Wildman–Crippen MR) is 91.1 cm³/mol. The Labute approximate surface area is 142 Å². The molecule has 0 bridgehead atoms. The quantitative estimate of drug-likeness (QED) is 0.888. The van der Waals surface area contributed by atoms with E-state index in [0.717, 1.165) is 30.3 Å². The molecule has 0 aliphatic carbocycles. The van der Waals surface area contributed by atoms with Crippen LogP contribution in [0.25, 0.3) is 11.0 Å². The van der Waals surface area contributed by atoms with Crippen molar-refractivity contribution in [2.24, 2.45) is 12.8 Å². The lowest BCUT2D eigenvalue weighted by atomic mass is 10.1. The Hall–Kier alpha value is -1.22. The van der Waals surface area contributed by atoms with E-state index in [-0.39, 0.29) is 23.3 Å². The number of sulfonamides is 1. The zero-order chi connectivity index (χ0) is 15.9. The number of fused-ring (bicyclic) bond motifs is 1. The Balaban J connectivity index is 0.00000192. The number of nitrogens with zero attached hydrogens (tertiary/aromatic N) is 4. The van der Waals surface area contributed by atoms with Gasteiger partial charge in [0.05, 0.1) is 5.69 Å². The Kier molecular flexibility index (Phi) is 5.30. The molecule has 1 unspecified atom stereocenters. The number of pyridine rings is 1. The monoisotopic (exact) mass is 359 g/mol. The number of aryl methyl sites for hydroxylation is 2. The molecule has 3 rings (SSSR count). The van der Waals surface area contributed by atoms with Crippen molar-refractivity contribution in [3.05, 3.63) is 18.0 Å². The van der Waals surface area contributed by atoms with Crippen LogP contribution in [0, 0.1) is 6.92 Å². The molecule has 0 aromatic carbocycles. The third-order valence-electron chi connectivity index (χ3n) is 4.29. The normalized spacial score (nSPS) is 19.7. The molecule has 1 atom stereocenters. The highest BCUT2D eigenvalue weighted by molar-refractivity contribution is 7.89. The van der Waals surface area contributed by atoms with Crippen LogP contribution in [-0.2, 0) is 17.1 Å². The van der Waals surface area contributed by atoms with Crippen molar-refractivity contribution in [1.29, 1.82) is 0 Å². The molecule has 2 aromatic heterocycles. The molecule has 2 aromatic rings. The summed E-state index contributed by atoms with van der Waals surface area (Å²) in [6.07, 6.45) is 4.13. The lowest BCUT2D eigenvalue weighted by molar-refractivity contribution is 0.257. The van der Waals surface area contributed by atoms with E-state index < -0.39 is 10.0 Å².